The van der Waals surface area contributed by atoms with Gasteiger partial charge in [0.25, 0.3) is 0 Å². The molecule has 1 atom stereocenters. The summed E-state index contributed by atoms with van der Waals surface area (Å²) in [6.45, 7) is 6.25. The Kier molecular flexibility index (Phi) is 64.4. The van der Waals surface area contributed by atoms with Crippen LogP contribution in [0.25, 0.3) is 0 Å². The zero-order valence-corrected chi connectivity index (χ0v) is 53.1. The van der Waals surface area contributed by atoms with Crippen LogP contribution < -0.4 is 0 Å². The summed E-state index contributed by atoms with van der Waals surface area (Å²) in [6, 6.07) is 0. The zero-order chi connectivity index (χ0) is 59.9. The molecule has 464 valence electrons. The largest absolute Gasteiger partial charge is 0.462 e. The molecule has 0 aromatic heterocycles. The van der Waals surface area contributed by atoms with Crippen molar-refractivity contribution >= 4 is 17.9 Å². The lowest BCUT2D eigenvalue weighted by atomic mass is 10.1. The molecule has 0 spiro atoms. The van der Waals surface area contributed by atoms with Crippen LogP contribution in [0, 0.1) is 0 Å². The normalized spacial score (nSPS) is 13.3. The Bertz CT molecular complexity index is 1940. The minimum absolute atomic E-state index is 0.109. The third-order valence-electron chi connectivity index (χ3n) is 13.4. The van der Waals surface area contributed by atoms with E-state index in [1.807, 2.05) is 0 Å². The minimum Gasteiger partial charge on any atom is -0.462 e. The Morgan fingerprint density at radius 1 is 0.241 bits per heavy atom. The number of ether oxygens (including phenoxy) is 3. The summed E-state index contributed by atoms with van der Waals surface area (Å²) in [5, 5.41) is 0. The van der Waals surface area contributed by atoms with Gasteiger partial charge in [0, 0.05) is 19.3 Å². The monoisotopic (exact) mass is 1140 g/mol. The maximum Gasteiger partial charge on any atom is 0.306 e. The molecule has 1 unspecified atom stereocenters. The van der Waals surface area contributed by atoms with Crippen LogP contribution >= 0.6 is 0 Å². The summed E-state index contributed by atoms with van der Waals surface area (Å²) in [4.78, 5) is 38.4. The molecule has 0 saturated heterocycles. The van der Waals surface area contributed by atoms with E-state index in [0.29, 0.717) is 19.3 Å². The smallest absolute Gasteiger partial charge is 0.306 e. The first-order valence-corrected chi connectivity index (χ1v) is 33.3. The van der Waals surface area contributed by atoms with Gasteiger partial charge in [-0.3, -0.25) is 14.4 Å². The van der Waals surface area contributed by atoms with Crippen LogP contribution in [0.3, 0.4) is 0 Å². The summed E-state index contributed by atoms with van der Waals surface area (Å²) in [5.41, 5.74) is 0. The van der Waals surface area contributed by atoms with Crippen LogP contribution in [0.1, 0.15) is 265 Å². The quantitative estimate of drug-likeness (QED) is 0.0261. The van der Waals surface area contributed by atoms with Gasteiger partial charge in [-0.2, -0.15) is 0 Å². The first-order valence-electron chi connectivity index (χ1n) is 33.3. The fourth-order valence-corrected chi connectivity index (χ4v) is 8.52. The zero-order valence-electron chi connectivity index (χ0n) is 53.1. The number of hydrogen-bond acceptors (Lipinski definition) is 6. The van der Waals surface area contributed by atoms with E-state index in [1.54, 1.807) is 0 Å². The summed E-state index contributed by atoms with van der Waals surface area (Å²) in [7, 11) is 0. The topological polar surface area (TPSA) is 78.9 Å². The van der Waals surface area contributed by atoms with Gasteiger partial charge in [0.1, 0.15) is 13.2 Å². The van der Waals surface area contributed by atoms with E-state index in [0.717, 1.165) is 186 Å². The molecule has 0 fully saturated rings. The van der Waals surface area contributed by atoms with Gasteiger partial charge in [0.2, 0.25) is 0 Å². The third-order valence-corrected chi connectivity index (χ3v) is 13.4. The van der Waals surface area contributed by atoms with E-state index in [-0.39, 0.29) is 31.1 Å². The van der Waals surface area contributed by atoms with Crippen molar-refractivity contribution < 1.29 is 28.6 Å². The standard InChI is InChI=1S/C77H120O6/c1-4-7-10-13-16-19-22-25-28-30-32-34-36-38-40-42-44-46-49-52-55-58-61-64-67-70-76(79)82-73-74(72-81-75(78)69-66-63-60-57-54-51-48-27-24-21-18-15-12-9-6-3)83-77(80)71-68-65-62-59-56-53-50-47-45-43-41-39-37-35-33-31-29-26-23-20-17-14-11-8-5-2/h7-12,16-21,25-29,32-35,38-41,44,46,48,52,55,74H,4-6,13-15,22-24,30-31,36-37,42-43,45,47,49-51,53-54,56-73H2,1-3H3/b10-7-,11-8-,12-9-,19-16-,20-17-,21-18-,28-25-,29-26-,34-32-,35-33-,40-38-,41-39-,46-44-,48-27-,55-52-. The highest BCUT2D eigenvalue weighted by molar-refractivity contribution is 5.71. The second-order valence-electron chi connectivity index (χ2n) is 21.2. The predicted molar refractivity (Wildman–Crippen MR) is 361 cm³/mol. The van der Waals surface area contributed by atoms with E-state index < -0.39 is 6.10 Å². The highest BCUT2D eigenvalue weighted by atomic mass is 16.6. The number of allylic oxidation sites excluding steroid dienone is 30. The number of carbonyl (C=O) groups is 3. The maximum absolute atomic E-state index is 13.0. The molecule has 6 nitrogen and oxygen atoms in total. The highest BCUT2D eigenvalue weighted by Crippen LogP contribution is 2.14. The van der Waals surface area contributed by atoms with Gasteiger partial charge in [-0.15, -0.1) is 0 Å². The molecule has 0 bridgehead atoms. The van der Waals surface area contributed by atoms with Crippen LogP contribution in [-0.4, -0.2) is 37.2 Å². The summed E-state index contributed by atoms with van der Waals surface area (Å²) < 4.78 is 16.9. The van der Waals surface area contributed by atoms with Crippen molar-refractivity contribution in [3.05, 3.63) is 182 Å². The molecule has 0 aromatic carbocycles. The molecule has 0 aliphatic carbocycles. The van der Waals surface area contributed by atoms with Crippen LogP contribution in [0.15, 0.2) is 182 Å². The minimum atomic E-state index is -0.816. The lowest BCUT2D eigenvalue weighted by Crippen LogP contribution is -2.30. The van der Waals surface area contributed by atoms with Gasteiger partial charge in [-0.1, -0.05) is 274 Å². The predicted octanol–water partition coefficient (Wildman–Crippen LogP) is 23.2. The molecule has 0 aromatic rings. The van der Waals surface area contributed by atoms with Gasteiger partial charge in [-0.05, 0) is 154 Å². The number of unbranched alkanes of at least 4 members (excludes halogenated alkanes) is 17. The van der Waals surface area contributed by atoms with Crippen LogP contribution in [-0.2, 0) is 28.6 Å². The molecular formula is C77H120O6. The summed E-state index contributed by atoms with van der Waals surface area (Å²) in [6.07, 6.45) is 103. The molecular weight excluding hydrogens is 1020 g/mol. The van der Waals surface area contributed by atoms with E-state index in [2.05, 4.69) is 203 Å². The fourth-order valence-electron chi connectivity index (χ4n) is 8.52. The molecule has 0 saturated carbocycles. The van der Waals surface area contributed by atoms with E-state index in [9.17, 15) is 14.4 Å². The van der Waals surface area contributed by atoms with Crippen molar-refractivity contribution in [2.75, 3.05) is 13.2 Å². The Hall–Kier alpha value is -5.49. The first kappa shape index (κ1) is 77.5. The van der Waals surface area contributed by atoms with Gasteiger partial charge in [0.15, 0.2) is 6.10 Å². The molecule has 6 heteroatoms. The second-order valence-corrected chi connectivity index (χ2v) is 21.2. The van der Waals surface area contributed by atoms with Crippen molar-refractivity contribution in [1.29, 1.82) is 0 Å². The number of esters is 3. The second kappa shape index (κ2) is 69.0. The molecule has 0 aliphatic heterocycles. The van der Waals surface area contributed by atoms with Gasteiger partial charge >= 0.3 is 17.9 Å². The van der Waals surface area contributed by atoms with Crippen molar-refractivity contribution in [2.45, 2.75) is 271 Å². The van der Waals surface area contributed by atoms with E-state index >= 15 is 0 Å². The van der Waals surface area contributed by atoms with Crippen molar-refractivity contribution in [1.82, 2.24) is 0 Å². The average Bonchev–Trinajstić information content (AvgIpc) is 3.49. The lowest BCUT2D eigenvalue weighted by molar-refractivity contribution is -0.167. The third kappa shape index (κ3) is 67.2. The highest BCUT2D eigenvalue weighted by Gasteiger charge is 2.19. The molecule has 0 N–H and O–H groups in total. The van der Waals surface area contributed by atoms with Crippen LogP contribution in [0.4, 0.5) is 0 Å². The number of hydrogen-bond donors (Lipinski definition) is 0. The molecule has 0 heterocycles. The Labute approximate surface area is 510 Å². The van der Waals surface area contributed by atoms with Crippen molar-refractivity contribution in [2.24, 2.45) is 0 Å². The number of rotatable bonds is 58. The molecule has 0 radical (unpaired) electrons. The Morgan fingerprint density at radius 2 is 0.434 bits per heavy atom. The SMILES string of the molecule is CC/C=C\C/C=C\C/C=C\C/C=C\C/C=C\C/C=C\C/C=C\CCCCCC(=O)OCC(COC(=O)CCCCCCC/C=C\C/C=C\C/C=C\CC)OC(=O)CCCCCCCCCCC/C=C\C/C=C\C/C=C\C/C=C\C/C=C\CC. The molecule has 0 amide bonds. The first-order chi connectivity index (χ1) is 41.0. The van der Waals surface area contributed by atoms with Crippen LogP contribution in [0.2, 0.25) is 0 Å². The Morgan fingerprint density at radius 3 is 0.687 bits per heavy atom. The van der Waals surface area contributed by atoms with E-state index in [4.69, 9.17) is 14.2 Å². The maximum atomic E-state index is 13.0. The molecule has 83 heavy (non-hydrogen) atoms. The van der Waals surface area contributed by atoms with Crippen molar-refractivity contribution in [3.63, 3.8) is 0 Å². The fraction of sp³-hybridized carbons (Fsp3) is 0.571. The van der Waals surface area contributed by atoms with Crippen LogP contribution in [0.5, 0.6) is 0 Å². The summed E-state index contributed by atoms with van der Waals surface area (Å²) >= 11 is 0. The summed E-state index contributed by atoms with van der Waals surface area (Å²) in [5.74, 6) is -0.969. The lowest BCUT2D eigenvalue weighted by Gasteiger charge is -2.18. The molecule has 0 aliphatic rings. The Balaban J connectivity index is 4.49. The van der Waals surface area contributed by atoms with Crippen molar-refractivity contribution in [3.8, 4) is 0 Å². The molecule has 0 rings (SSSR count). The van der Waals surface area contributed by atoms with Gasteiger partial charge < -0.3 is 14.2 Å². The van der Waals surface area contributed by atoms with Gasteiger partial charge in [-0.25, -0.2) is 0 Å². The van der Waals surface area contributed by atoms with E-state index in [1.165, 1.54) is 38.5 Å². The average molecular weight is 1140 g/mol. The van der Waals surface area contributed by atoms with Gasteiger partial charge in [0.05, 0.1) is 0 Å². The number of carbonyl (C=O) groups excluding carboxylic acids is 3.